The van der Waals surface area contributed by atoms with Gasteiger partial charge >= 0.3 is 0 Å². The van der Waals surface area contributed by atoms with Gasteiger partial charge in [-0.25, -0.2) is 22.8 Å². The monoisotopic (exact) mass is 438 g/mol. The fourth-order valence-corrected chi connectivity index (χ4v) is 3.90. The number of nitrogens with two attached hydrogens (primary N) is 1. The van der Waals surface area contributed by atoms with Crippen LogP contribution in [0.3, 0.4) is 0 Å². The van der Waals surface area contributed by atoms with Gasteiger partial charge in [-0.1, -0.05) is 18.5 Å². The van der Waals surface area contributed by atoms with Crippen molar-refractivity contribution < 1.29 is 17.6 Å². The second-order valence-electron chi connectivity index (χ2n) is 5.97. The number of anilines is 3. The SMILES string of the molecule is CCCS(=O)(=O)Nc1ccc(Cl)c(NC(=O)c2ccnc3c(N)ncnc23)c1F. The number of sulfonamides is 1. The van der Waals surface area contributed by atoms with Crippen molar-refractivity contribution in [1.82, 2.24) is 15.0 Å². The van der Waals surface area contributed by atoms with E-state index in [4.69, 9.17) is 17.3 Å². The van der Waals surface area contributed by atoms with E-state index < -0.39 is 21.7 Å². The molecule has 2 aromatic heterocycles. The maximum atomic E-state index is 14.9. The topological polar surface area (TPSA) is 140 Å². The minimum Gasteiger partial charge on any atom is -0.382 e. The lowest BCUT2D eigenvalue weighted by molar-refractivity contribution is 0.102. The smallest absolute Gasteiger partial charge is 0.258 e. The fraction of sp³-hybridized carbons (Fsp3) is 0.176. The molecule has 0 aliphatic rings. The molecule has 0 spiro atoms. The summed E-state index contributed by atoms with van der Waals surface area (Å²) >= 11 is 6.02. The fourth-order valence-electron chi connectivity index (χ4n) is 2.58. The molecule has 0 fully saturated rings. The zero-order valence-corrected chi connectivity index (χ0v) is 16.7. The summed E-state index contributed by atoms with van der Waals surface area (Å²) in [5.41, 5.74) is 5.49. The molecule has 0 saturated heterocycles. The van der Waals surface area contributed by atoms with Crippen LogP contribution in [0.5, 0.6) is 0 Å². The zero-order chi connectivity index (χ0) is 21.2. The normalized spacial score (nSPS) is 11.4. The van der Waals surface area contributed by atoms with Crippen LogP contribution in [0, 0.1) is 5.82 Å². The summed E-state index contributed by atoms with van der Waals surface area (Å²) in [5, 5.41) is 2.25. The Hall–Kier alpha value is -3.05. The standard InChI is InChI=1S/C17H16ClFN6O3S/c1-2-7-29(27,28)25-11-4-3-10(18)14(12(11)19)24-17(26)9-5-6-21-15-13(9)22-8-23-16(15)20/h3-6,8,25H,2,7H2,1H3,(H,24,26)(H2,20,22,23). The van der Waals surface area contributed by atoms with Gasteiger partial charge in [-0.2, -0.15) is 0 Å². The van der Waals surface area contributed by atoms with E-state index in [-0.39, 0.29) is 44.6 Å². The van der Waals surface area contributed by atoms with E-state index in [0.29, 0.717) is 6.42 Å². The number of hydrogen-bond acceptors (Lipinski definition) is 7. The molecule has 2 heterocycles. The van der Waals surface area contributed by atoms with Gasteiger partial charge in [0.05, 0.1) is 27.7 Å². The van der Waals surface area contributed by atoms with E-state index in [2.05, 4.69) is 25.0 Å². The average Bonchev–Trinajstić information content (AvgIpc) is 2.67. The second-order valence-corrected chi connectivity index (χ2v) is 8.22. The number of halogens is 2. The van der Waals surface area contributed by atoms with Gasteiger partial charge in [0.15, 0.2) is 11.6 Å². The first kappa shape index (κ1) is 20.7. The van der Waals surface area contributed by atoms with E-state index in [1.54, 1.807) is 6.92 Å². The number of nitrogens with zero attached hydrogens (tertiary/aromatic N) is 3. The molecule has 29 heavy (non-hydrogen) atoms. The Kier molecular flexibility index (Phi) is 5.80. The number of carbonyl (C=O) groups is 1. The molecule has 0 unspecified atom stereocenters. The molecule has 0 aliphatic carbocycles. The van der Waals surface area contributed by atoms with Gasteiger partial charge in [0, 0.05) is 6.20 Å². The van der Waals surface area contributed by atoms with Crippen molar-refractivity contribution in [3.63, 3.8) is 0 Å². The number of rotatable bonds is 6. The Morgan fingerprint density at radius 1 is 1.21 bits per heavy atom. The Morgan fingerprint density at radius 3 is 2.69 bits per heavy atom. The minimum absolute atomic E-state index is 0.0662. The van der Waals surface area contributed by atoms with E-state index in [1.807, 2.05) is 0 Å². The number of benzene rings is 1. The van der Waals surface area contributed by atoms with Crippen LogP contribution in [0.15, 0.2) is 30.7 Å². The highest BCUT2D eigenvalue weighted by molar-refractivity contribution is 7.92. The van der Waals surface area contributed by atoms with Crippen LogP contribution in [-0.2, 0) is 10.0 Å². The highest BCUT2D eigenvalue weighted by Crippen LogP contribution is 2.32. The molecular formula is C17H16ClFN6O3S. The minimum atomic E-state index is -3.74. The van der Waals surface area contributed by atoms with Crippen molar-refractivity contribution >= 4 is 55.8 Å². The van der Waals surface area contributed by atoms with Crippen molar-refractivity contribution in [3.05, 3.63) is 47.1 Å². The summed E-state index contributed by atoms with van der Waals surface area (Å²) in [6.45, 7) is 1.68. The third-order valence-corrected chi connectivity index (χ3v) is 5.65. The number of hydrogen-bond donors (Lipinski definition) is 3. The predicted octanol–water partition coefficient (Wildman–Crippen LogP) is 2.80. The molecular weight excluding hydrogens is 423 g/mol. The number of aromatic nitrogens is 3. The molecule has 4 N–H and O–H groups in total. The lowest BCUT2D eigenvalue weighted by Crippen LogP contribution is -2.19. The molecule has 12 heteroatoms. The molecule has 152 valence electrons. The third-order valence-electron chi connectivity index (χ3n) is 3.86. The van der Waals surface area contributed by atoms with Crippen LogP contribution in [0.25, 0.3) is 11.0 Å². The number of nitrogens with one attached hydrogen (secondary N) is 2. The van der Waals surface area contributed by atoms with E-state index in [9.17, 15) is 17.6 Å². The molecule has 0 radical (unpaired) electrons. The van der Waals surface area contributed by atoms with Crippen LogP contribution in [0.4, 0.5) is 21.6 Å². The third kappa shape index (κ3) is 4.35. The van der Waals surface area contributed by atoms with Gasteiger partial charge in [-0.3, -0.25) is 14.5 Å². The average molecular weight is 439 g/mol. The van der Waals surface area contributed by atoms with Crippen molar-refractivity contribution in [2.24, 2.45) is 0 Å². The van der Waals surface area contributed by atoms with Crippen molar-refractivity contribution in [1.29, 1.82) is 0 Å². The van der Waals surface area contributed by atoms with Crippen molar-refractivity contribution in [3.8, 4) is 0 Å². The second kappa shape index (κ2) is 8.13. The van der Waals surface area contributed by atoms with Crippen LogP contribution in [-0.4, -0.2) is 35.0 Å². The summed E-state index contributed by atoms with van der Waals surface area (Å²) < 4.78 is 40.9. The van der Waals surface area contributed by atoms with Crippen LogP contribution >= 0.6 is 11.6 Å². The van der Waals surface area contributed by atoms with Crippen LogP contribution < -0.4 is 15.8 Å². The molecule has 1 amide bonds. The highest BCUT2D eigenvalue weighted by atomic mass is 35.5. The van der Waals surface area contributed by atoms with Gasteiger partial charge < -0.3 is 11.1 Å². The summed E-state index contributed by atoms with van der Waals surface area (Å²) in [5.74, 6) is -1.84. The number of amides is 1. The molecule has 1 aromatic carbocycles. The quantitative estimate of drug-likeness (QED) is 0.537. The highest BCUT2D eigenvalue weighted by Gasteiger charge is 2.21. The number of nitrogen functional groups attached to an aromatic ring is 1. The molecule has 3 rings (SSSR count). The molecule has 3 aromatic rings. The van der Waals surface area contributed by atoms with Gasteiger partial charge in [0.2, 0.25) is 10.0 Å². The Labute approximate surface area is 170 Å². The maximum Gasteiger partial charge on any atom is 0.258 e. The predicted molar refractivity (Wildman–Crippen MR) is 109 cm³/mol. The van der Waals surface area contributed by atoms with Gasteiger partial charge in [0.25, 0.3) is 5.91 Å². The first-order chi connectivity index (χ1) is 13.7. The number of pyridine rings is 1. The first-order valence-corrected chi connectivity index (χ1v) is 10.4. The van der Waals surface area contributed by atoms with Crippen molar-refractivity contribution in [2.45, 2.75) is 13.3 Å². The zero-order valence-electron chi connectivity index (χ0n) is 15.1. The molecule has 0 saturated carbocycles. The van der Waals surface area contributed by atoms with E-state index in [0.717, 1.165) is 0 Å². The first-order valence-electron chi connectivity index (χ1n) is 8.38. The summed E-state index contributed by atoms with van der Waals surface area (Å²) in [7, 11) is -3.74. The Balaban J connectivity index is 1.98. The summed E-state index contributed by atoms with van der Waals surface area (Å²) in [6, 6.07) is 3.83. The Morgan fingerprint density at radius 2 is 1.97 bits per heavy atom. The number of fused-ring (bicyclic) bond motifs is 1. The van der Waals surface area contributed by atoms with Crippen LogP contribution in [0.2, 0.25) is 5.02 Å². The van der Waals surface area contributed by atoms with Gasteiger partial charge in [0.1, 0.15) is 17.4 Å². The lowest BCUT2D eigenvalue weighted by Gasteiger charge is -2.14. The molecule has 9 nitrogen and oxygen atoms in total. The summed E-state index contributed by atoms with van der Waals surface area (Å²) in [6.07, 6.45) is 2.87. The van der Waals surface area contributed by atoms with Crippen LogP contribution in [0.1, 0.15) is 23.7 Å². The molecule has 0 atom stereocenters. The Bertz CT molecular complexity index is 1210. The van der Waals surface area contributed by atoms with E-state index in [1.165, 1.54) is 30.7 Å². The van der Waals surface area contributed by atoms with Crippen molar-refractivity contribution in [2.75, 3.05) is 21.5 Å². The maximum absolute atomic E-state index is 14.9. The van der Waals surface area contributed by atoms with Gasteiger partial charge in [-0.05, 0) is 24.6 Å². The van der Waals surface area contributed by atoms with E-state index >= 15 is 0 Å². The molecule has 0 aliphatic heterocycles. The lowest BCUT2D eigenvalue weighted by atomic mass is 10.2. The van der Waals surface area contributed by atoms with Gasteiger partial charge in [-0.15, -0.1) is 0 Å². The number of carbonyl (C=O) groups excluding carboxylic acids is 1. The largest absolute Gasteiger partial charge is 0.382 e. The molecule has 0 bridgehead atoms. The summed E-state index contributed by atoms with van der Waals surface area (Å²) in [4.78, 5) is 24.6.